The number of esters is 1. The Morgan fingerprint density at radius 3 is 2.94 bits per heavy atom. The molecule has 6 heteroatoms. The van der Waals surface area contributed by atoms with Gasteiger partial charge in [0, 0.05) is 18.3 Å². The quantitative estimate of drug-likeness (QED) is 0.785. The Hall–Kier alpha value is -2.11. The van der Waals surface area contributed by atoms with Gasteiger partial charge >= 0.3 is 11.9 Å². The second-order valence-electron chi connectivity index (χ2n) is 4.55. The molecule has 0 atom stereocenters. The topological polar surface area (TPSA) is 88.5 Å². The lowest BCUT2D eigenvalue weighted by molar-refractivity contribution is -0.136. The maximum atomic E-state index is 11.8. The zero-order chi connectivity index (χ0) is 13.3. The molecule has 0 unspecified atom stereocenters. The highest BCUT2D eigenvalue weighted by molar-refractivity contribution is 5.99. The van der Waals surface area contributed by atoms with Crippen molar-refractivity contribution in [3.8, 4) is 0 Å². The second kappa shape index (κ2) is 4.29. The van der Waals surface area contributed by atoms with Crippen LogP contribution in [0.5, 0.6) is 0 Å². The maximum Gasteiger partial charge on any atom is 0.343 e. The number of aliphatic carboxylic acids is 1. The Morgan fingerprint density at radius 1 is 1.56 bits per heavy atom. The third kappa shape index (κ3) is 2.13. The summed E-state index contributed by atoms with van der Waals surface area (Å²) in [5, 5.41) is 11.4. The van der Waals surface area contributed by atoms with Gasteiger partial charge in [0.25, 0.3) is 0 Å². The van der Waals surface area contributed by atoms with Crippen molar-refractivity contribution in [3.63, 3.8) is 0 Å². The molecule has 1 aromatic rings. The van der Waals surface area contributed by atoms with Crippen LogP contribution in [-0.4, -0.2) is 28.6 Å². The lowest BCUT2D eigenvalue weighted by atomic mass is 9.97. The molecule has 0 aliphatic carbocycles. The molecule has 1 aliphatic heterocycles. The largest absolute Gasteiger partial charge is 0.481 e. The Bertz CT molecular complexity index is 511. The van der Waals surface area contributed by atoms with E-state index in [0.29, 0.717) is 11.4 Å². The monoisotopic (exact) mass is 250 g/mol. The number of anilines is 1. The van der Waals surface area contributed by atoms with Crippen molar-refractivity contribution in [2.45, 2.75) is 25.9 Å². The van der Waals surface area contributed by atoms with E-state index in [9.17, 15) is 9.59 Å². The van der Waals surface area contributed by atoms with E-state index in [-0.39, 0.29) is 13.0 Å². The molecule has 1 aromatic heterocycles. The van der Waals surface area contributed by atoms with Gasteiger partial charge < -0.3 is 15.2 Å². The van der Waals surface area contributed by atoms with Crippen LogP contribution in [0.15, 0.2) is 12.3 Å². The first-order chi connectivity index (χ1) is 8.42. The first kappa shape index (κ1) is 12.3. The summed E-state index contributed by atoms with van der Waals surface area (Å²) in [4.78, 5) is 26.3. The SMILES string of the molecule is CC1(C)OC(=O)c2c1ccnc2NCCC(=O)O. The summed E-state index contributed by atoms with van der Waals surface area (Å²) >= 11 is 0. The third-order valence-corrected chi connectivity index (χ3v) is 2.78. The van der Waals surface area contributed by atoms with Gasteiger partial charge in [-0.25, -0.2) is 9.78 Å². The van der Waals surface area contributed by atoms with Crippen molar-refractivity contribution in [2.75, 3.05) is 11.9 Å². The zero-order valence-electron chi connectivity index (χ0n) is 10.2. The average molecular weight is 250 g/mol. The number of carbonyl (C=O) groups excluding carboxylic acids is 1. The van der Waals surface area contributed by atoms with E-state index in [1.54, 1.807) is 26.1 Å². The molecular weight excluding hydrogens is 236 g/mol. The van der Waals surface area contributed by atoms with E-state index in [1.807, 2.05) is 0 Å². The summed E-state index contributed by atoms with van der Waals surface area (Å²) in [7, 11) is 0. The molecule has 2 heterocycles. The number of nitrogens with zero attached hydrogens (tertiary/aromatic N) is 1. The minimum Gasteiger partial charge on any atom is -0.481 e. The highest BCUT2D eigenvalue weighted by Gasteiger charge is 2.39. The van der Waals surface area contributed by atoms with Gasteiger partial charge in [-0.1, -0.05) is 0 Å². The van der Waals surface area contributed by atoms with Crippen molar-refractivity contribution in [3.05, 3.63) is 23.4 Å². The third-order valence-electron chi connectivity index (χ3n) is 2.78. The number of nitrogens with one attached hydrogen (secondary N) is 1. The summed E-state index contributed by atoms with van der Waals surface area (Å²) in [6.45, 7) is 3.82. The van der Waals surface area contributed by atoms with E-state index in [4.69, 9.17) is 9.84 Å². The highest BCUT2D eigenvalue weighted by atomic mass is 16.6. The van der Waals surface area contributed by atoms with Crippen LogP contribution in [-0.2, 0) is 15.1 Å². The van der Waals surface area contributed by atoms with E-state index < -0.39 is 17.5 Å². The number of hydrogen-bond donors (Lipinski definition) is 2. The van der Waals surface area contributed by atoms with Crippen LogP contribution in [0.3, 0.4) is 0 Å². The van der Waals surface area contributed by atoms with Crippen LogP contribution < -0.4 is 5.32 Å². The van der Waals surface area contributed by atoms with Crippen LogP contribution in [0, 0.1) is 0 Å². The van der Waals surface area contributed by atoms with E-state index >= 15 is 0 Å². The van der Waals surface area contributed by atoms with Gasteiger partial charge in [-0.3, -0.25) is 4.79 Å². The molecule has 1 aliphatic rings. The van der Waals surface area contributed by atoms with Gasteiger partial charge in [-0.05, 0) is 19.9 Å². The number of carboxylic acid groups (broad SMARTS) is 1. The zero-order valence-corrected chi connectivity index (χ0v) is 10.2. The first-order valence-electron chi connectivity index (χ1n) is 5.60. The van der Waals surface area contributed by atoms with Crippen LogP contribution >= 0.6 is 0 Å². The van der Waals surface area contributed by atoms with Crippen LogP contribution in [0.1, 0.15) is 36.2 Å². The number of ether oxygens (including phenoxy) is 1. The van der Waals surface area contributed by atoms with Gasteiger partial charge in [0.05, 0.1) is 6.42 Å². The normalized spacial score (nSPS) is 16.0. The molecular formula is C12H14N2O4. The Balaban J connectivity index is 2.26. The molecule has 0 radical (unpaired) electrons. The van der Waals surface area contributed by atoms with Crippen molar-refractivity contribution in [1.29, 1.82) is 0 Å². The first-order valence-corrected chi connectivity index (χ1v) is 5.60. The Kier molecular flexibility index (Phi) is 2.94. The molecule has 0 spiro atoms. The molecule has 2 rings (SSSR count). The van der Waals surface area contributed by atoms with Gasteiger partial charge in [-0.2, -0.15) is 0 Å². The number of carbonyl (C=O) groups is 2. The molecule has 18 heavy (non-hydrogen) atoms. The fraction of sp³-hybridized carbons (Fsp3) is 0.417. The van der Waals surface area contributed by atoms with Gasteiger partial charge in [0.15, 0.2) is 0 Å². The lowest BCUT2D eigenvalue weighted by Crippen LogP contribution is -2.16. The van der Waals surface area contributed by atoms with Gasteiger partial charge in [0.2, 0.25) is 0 Å². The Morgan fingerprint density at radius 2 is 2.28 bits per heavy atom. The number of cyclic esters (lactones) is 1. The van der Waals surface area contributed by atoms with Crippen molar-refractivity contribution in [2.24, 2.45) is 0 Å². The lowest BCUT2D eigenvalue weighted by Gasteiger charge is -2.17. The van der Waals surface area contributed by atoms with E-state index in [2.05, 4.69) is 10.3 Å². The molecule has 96 valence electrons. The van der Waals surface area contributed by atoms with Crippen LogP contribution in [0.4, 0.5) is 5.82 Å². The molecule has 0 bridgehead atoms. The summed E-state index contributed by atoms with van der Waals surface area (Å²) in [6.07, 6.45) is 1.54. The summed E-state index contributed by atoms with van der Waals surface area (Å²) < 4.78 is 5.25. The average Bonchev–Trinajstić information content (AvgIpc) is 2.50. The van der Waals surface area contributed by atoms with Crippen molar-refractivity contribution in [1.82, 2.24) is 4.98 Å². The molecule has 0 aromatic carbocycles. The number of rotatable bonds is 4. The predicted molar refractivity (Wildman–Crippen MR) is 63.4 cm³/mol. The fourth-order valence-corrected chi connectivity index (χ4v) is 1.93. The molecule has 2 N–H and O–H groups in total. The standard InChI is InChI=1S/C12H14N2O4/c1-12(2)7-3-5-13-10(9(7)11(17)18-12)14-6-4-8(15)16/h3,5H,4,6H2,1-2H3,(H,13,14)(H,15,16). The summed E-state index contributed by atoms with van der Waals surface area (Å²) in [5.41, 5.74) is 0.492. The smallest absolute Gasteiger partial charge is 0.343 e. The van der Waals surface area contributed by atoms with Gasteiger partial charge in [0.1, 0.15) is 17.0 Å². The molecule has 0 amide bonds. The maximum absolute atomic E-state index is 11.8. The molecule has 0 saturated carbocycles. The molecule has 6 nitrogen and oxygen atoms in total. The minimum absolute atomic E-state index is 0.0379. The van der Waals surface area contributed by atoms with E-state index in [0.717, 1.165) is 5.56 Å². The summed E-state index contributed by atoms with van der Waals surface area (Å²) in [6, 6.07) is 1.74. The fourth-order valence-electron chi connectivity index (χ4n) is 1.93. The number of carboxylic acids is 1. The Labute approximate surface area is 104 Å². The molecule has 0 fully saturated rings. The van der Waals surface area contributed by atoms with E-state index in [1.165, 1.54) is 0 Å². The van der Waals surface area contributed by atoms with Gasteiger partial charge in [-0.15, -0.1) is 0 Å². The van der Waals surface area contributed by atoms with Crippen LogP contribution in [0.25, 0.3) is 0 Å². The predicted octanol–water partition coefficient (Wildman–Crippen LogP) is 1.37. The number of aromatic nitrogens is 1. The number of pyridine rings is 1. The molecule has 0 saturated heterocycles. The highest BCUT2D eigenvalue weighted by Crippen LogP contribution is 2.38. The summed E-state index contributed by atoms with van der Waals surface area (Å²) in [5.74, 6) is -0.955. The number of hydrogen-bond acceptors (Lipinski definition) is 5. The van der Waals surface area contributed by atoms with Crippen molar-refractivity contribution < 1.29 is 19.4 Å². The second-order valence-corrected chi connectivity index (χ2v) is 4.55. The van der Waals surface area contributed by atoms with Crippen molar-refractivity contribution >= 4 is 17.8 Å². The van der Waals surface area contributed by atoms with Crippen LogP contribution in [0.2, 0.25) is 0 Å². The minimum atomic E-state index is -0.905. The number of fused-ring (bicyclic) bond motifs is 1.